The predicted molar refractivity (Wildman–Crippen MR) is 96.6 cm³/mol. The first-order valence-electron chi connectivity index (χ1n) is 7.30. The van der Waals surface area contributed by atoms with E-state index in [1.165, 1.54) is 28.2 Å². The third-order valence-electron chi connectivity index (χ3n) is 3.59. The maximum Gasteiger partial charge on any atom is 0.286 e. The highest BCUT2D eigenvalue weighted by Crippen LogP contribution is 2.29. The normalized spacial score (nSPS) is 11.2. The number of carbonyl (C=O) groups is 1. The van der Waals surface area contributed by atoms with Gasteiger partial charge in [0.15, 0.2) is 10.1 Å². The first-order chi connectivity index (χ1) is 11.2. The summed E-state index contributed by atoms with van der Waals surface area (Å²) >= 11 is 2.88. The molecule has 0 aliphatic carbocycles. The van der Waals surface area contributed by atoms with E-state index in [0.29, 0.717) is 10.1 Å². The number of carbonyl (C=O) groups excluding carboxylic acids is 1. The number of hydrogen-bond donors (Lipinski definition) is 1. The fourth-order valence-electron chi connectivity index (χ4n) is 2.46. The standard InChI is InChI=1S/C17H13N3OS2/c1-2-10-6-5-9-13-14(10)19-17(23-13)20-15(21)16-18-11-7-3-4-8-12(11)22-16/h3-9H,2H2,1H3,(H,19,20,21). The number of rotatable bonds is 3. The van der Waals surface area contributed by atoms with E-state index < -0.39 is 0 Å². The summed E-state index contributed by atoms with van der Waals surface area (Å²) < 4.78 is 2.10. The number of para-hydroxylation sites is 2. The number of thiazole rings is 2. The van der Waals surface area contributed by atoms with Crippen molar-refractivity contribution in [2.75, 3.05) is 5.32 Å². The number of benzene rings is 2. The molecular formula is C17H13N3OS2. The van der Waals surface area contributed by atoms with Crippen LogP contribution in [0.5, 0.6) is 0 Å². The molecule has 0 aliphatic rings. The van der Waals surface area contributed by atoms with Crippen LogP contribution in [0.4, 0.5) is 5.13 Å². The number of anilines is 1. The van der Waals surface area contributed by atoms with Gasteiger partial charge in [-0.05, 0) is 30.2 Å². The smallest absolute Gasteiger partial charge is 0.286 e. The van der Waals surface area contributed by atoms with Gasteiger partial charge in [0.2, 0.25) is 0 Å². The van der Waals surface area contributed by atoms with Gasteiger partial charge in [-0.25, -0.2) is 9.97 Å². The number of amides is 1. The summed E-state index contributed by atoms with van der Waals surface area (Å²) in [5.41, 5.74) is 3.01. The van der Waals surface area contributed by atoms with E-state index in [2.05, 4.69) is 28.3 Å². The predicted octanol–water partition coefficient (Wildman–Crippen LogP) is 4.72. The van der Waals surface area contributed by atoms with Crippen LogP contribution in [-0.2, 0) is 6.42 Å². The molecular weight excluding hydrogens is 326 g/mol. The summed E-state index contributed by atoms with van der Waals surface area (Å²) in [7, 11) is 0. The minimum Gasteiger partial charge on any atom is -0.296 e. The van der Waals surface area contributed by atoms with Crippen LogP contribution in [0.1, 0.15) is 22.3 Å². The van der Waals surface area contributed by atoms with Crippen molar-refractivity contribution in [3.8, 4) is 0 Å². The van der Waals surface area contributed by atoms with Gasteiger partial charge >= 0.3 is 0 Å². The zero-order valence-corrected chi connectivity index (χ0v) is 14.0. The molecule has 0 spiro atoms. The fourth-order valence-corrected chi connectivity index (χ4v) is 4.23. The highest BCUT2D eigenvalue weighted by atomic mass is 32.1. The van der Waals surface area contributed by atoms with Crippen molar-refractivity contribution in [3.63, 3.8) is 0 Å². The molecule has 4 aromatic rings. The van der Waals surface area contributed by atoms with Crippen LogP contribution in [-0.4, -0.2) is 15.9 Å². The van der Waals surface area contributed by atoms with Crippen LogP contribution in [0, 0.1) is 0 Å². The molecule has 0 saturated heterocycles. The molecule has 0 aliphatic heterocycles. The number of fused-ring (bicyclic) bond motifs is 2. The largest absolute Gasteiger partial charge is 0.296 e. The monoisotopic (exact) mass is 339 g/mol. The number of nitrogens with one attached hydrogen (secondary N) is 1. The topological polar surface area (TPSA) is 54.9 Å². The molecule has 0 unspecified atom stereocenters. The SMILES string of the molecule is CCc1cccc2sc(NC(=O)c3nc4ccccc4s3)nc12. The summed E-state index contributed by atoms with van der Waals surface area (Å²) in [6, 6.07) is 13.9. The van der Waals surface area contributed by atoms with Crippen LogP contribution >= 0.6 is 22.7 Å². The zero-order chi connectivity index (χ0) is 15.8. The maximum absolute atomic E-state index is 12.4. The summed E-state index contributed by atoms with van der Waals surface area (Å²) in [6.45, 7) is 2.10. The Labute approximate surface area is 140 Å². The van der Waals surface area contributed by atoms with Gasteiger partial charge in [-0.1, -0.05) is 42.5 Å². The van der Waals surface area contributed by atoms with Crippen LogP contribution in [0.3, 0.4) is 0 Å². The second-order valence-electron chi connectivity index (χ2n) is 5.08. The molecule has 1 N–H and O–H groups in total. The van der Waals surface area contributed by atoms with Gasteiger partial charge in [0, 0.05) is 0 Å². The summed E-state index contributed by atoms with van der Waals surface area (Å²) in [5.74, 6) is -0.205. The van der Waals surface area contributed by atoms with E-state index >= 15 is 0 Å². The number of hydrogen-bond acceptors (Lipinski definition) is 5. The maximum atomic E-state index is 12.4. The Bertz CT molecular complexity index is 986. The average molecular weight is 339 g/mol. The highest BCUT2D eigenvalue weighted by molar-refractivity contribution is 7.22. The number of nitrogens with zero attached hydrogens (tertiary/aromatic N) is 2. The Hall–Kier alpha value is -2.31. The lowest BCUT2D eigenvalue weighted by atomic mass is 10.1. The van der Waals surface area contributed by atoms with Gasteiger partial charge < -0.3 is 0 Å². The Morgan fingerprint density at radius 2 is 1.87 bits per heavy atom. The molecule has 2 aromatic heterocycles. The average Bonchev–Trinajstić information content (AvgIpc) is 3.17. The first kappa shape index (κ1) is 14.3. The molecule has 4 rings (SSSR count). The Balaban J connectivity index is 1.65. The lowest BCUT2D eigenvalue weighted by Gasteiger charge is -1.97. The van der Waals surface area contributed by atoms with E-state index in [1.54, 1.807) is 0 Å². The van der Waals surface area contributed by atoms with Gasteiger partial charge in [0.1, 0.15) is 0 Å². The molecule has 23 heavy (non-hydrogen) atoms. The summed E-state index contributed by atoms with van der Waals surface area (Å²) in [4.78, 5) is 21.4. The summed E-state index contributed by atoms with van der Waals surface area (Å²) in [5, 5.41) is 3.95. The molecule has 0 saturated carbocycles. The molecule has 0 radical (unpaired) electrons. The van der Waals surface area contributed by atoms with Crippen LogP contribution in [0.2, 0.25) is 0 Å². The van der Waals surface area contributed by atoms with Crippen molar-refractivity contribution in [1.29, 1.82) is 0 Å². The van der Waals surface area contributed by atoms with Crippen LogP contribution in [0.15, 0.2) is 42.5 Å². The minimum absolute atomic E-state index is 0.205. The van der Waals surface area contributed by atoms with Gasteiger partial charge in [0.25, 0.3) is 5.91 Å². The van der Waals surface area contributed by atoms with Gasteiger partial charge in [0.05, 0.1) is 20.4 Å². The van der Waals surface area contributed by atoms with Crippen molar-refractivity contribution in [2.24, 2.45) is 0 Å². The van der Waals surface area contributed by atoms with E-state index in [4.69, 9.17) is 0 Å². The number of aryl methyl sites for hydroxylation is 1. The molecule has 0 atom stereocenters. The van der Waals surface area contributed by atoms with Gasteiger partial charge in [-0.3, -0.25) is 10.1 Å². The molecule has 114 valence electrons. The molecule has 0 fully saturated rings. The molecule has 4 nitrogen and oxygen atoms in total. The molecule has 2 heterocycles. The summed E-state index contributed by atoms with van der Waals surface area (Å²) in [6.07, 6.45) is 0.923. The van der Waals surface area contributed by atoms with Gasteiger partial charge in [-0.2, -0.15) is 0 Å². The van der Waals surface area contributed by atoms with E-state index in [0.717, 1.165) is 26.9 Å². The van der Waals surface area contributed by atoms with Crippen molar-refractivity contribution < 1.29 is 4.79 Å². The van der Waals surface area contributed by atoms with Crippen molar-refractivity contribution >= 4 is 54.1 Å². The highest BCUT2D eigenvalue weighted by Gasteiger charge is 2.15. The Morgan fingerprint density at radius 1 is 1.04 bits per heavy atom. The van der Waals surface area contributed by atoms with Crippen molar-refractivity contribution in [3.05, 3.63) is 53.0 Å². The van der Waals surface area contributed by atoms with Crippen molar-refractivity contribution in [1.82, 2.24) is 9.97 Å². The van der Waals surface area contributed by atoms with E-state index in [-0.39, 0.29) is 5.91 Å². The lowest BCUT2D eigenvalue weighted by Crippen LogP contribution is -2.11. The molecule has 6 heteroatoms. The second kappa shape index (κ2) is 5.72. The fraction of sp³-hybridized carbons (Fsp3) is 0.118. The molecule has 0 bridgehead atoms. The van der Waals surface area contributed by atoms with E-state index in [9.17, 15) is 4.79 Å². The first-order valence-corrected chi connectivity index (χ1v) is 8.93. The van der Waals surface area contributed by atoms with E-state index in [1.807, 2.05) is 36.4 Å². The van der Waals surface area contributed by atoms with Crippen molar-refractivity contribution in [2.45, 2.75) is 13.3 Å². The number of aromatic nitrogens is 2. The lowest BCUT2D eigenvalue weighted by molar-refractivity contribution is 0.102. The van der Waals surface area contributed by atoms with Crippen LogP contribution < -0.4 is 5.32 Å². The Kier molecular flexibility index (Phi) is 3.55. The van der Waals surface area contributed by atoms with Crippen LogP contribution in [0.25, 0.3) is 20.4 Å². The minimum atomic E-state index is -0.205. The quantitative estimate of drug-likeness (QED) is 0.587. The third kappa shape index (κ3) is 2.60. The third-order valence-corrected chi connectivity index (χ3v) is 5.56. The molecule has 1 amide bonds. The molecule has 2 aromatic carbocycles. The van der Waals surface area contributed by atoms with Gasteiger partial charge in [-0.15, -0.1) is 11.3 Å². The second-order valence-corrected chi connectivity index (χ2v) is 7.14. The Morgan fingerprint density at radius 3 is 2.70 bits per heavy atom. The zero-order valence-electron chi connectivity index (χ0n) is 12.4.